The van der Waals surface area contributed by atoms with E-state index < -0.39 is 17.5 Å². The summed E-state index contributed by atoms with van der Waals surface area (Å²) in [6.07, 6.45) is 9.55. The molecule has 42 heavy (non-hydrogen) atoms. The Hall–Kier alpha value is -3.49. The van der Waals surface area contributed by atoms with Crippen LogP contribution in [0.5, 0.6) is 0 Å². The molecule has 0 saturated heterocycles. The molecule has 1 saturated carbocycles. The van der Waals surface area contributed by atoms with E-state index in [-0.39, 0.29) is 49.9 Å². The van der Waals surface area contributed by atoms with E-state index in [9.17, 15) is 19.5 Å². The number of esters is 1. The number of aliphatic hydroxyl groups excluding tert-OH is 1. The van der Waals surface area contributed by atoms with Gasteiger partial charge in [0, 0.05) is 6.42 Å². The molecular formula is C34H44N2O6. The van der Waals surface area contributed by atoms with Crippen molar-refractivity contribution in [2.45, 2.75) is 76.0 Å². The largest absolute Gasteiger partial charge is 0.463 e. The SMILES string of the molecule is O=C(CC1CC=CCCC(Cc2ccccc2)C(=O)OCC(COCc2ccccc2)NC1=O)NC1(CO)CCCC1. The molecule has 8 nitrogen and oxygen atoms in total. The molecule has 2 aromatic rings. The van der Waals surface area contributed by atoms with Gasteiger partial charge in [-0.2, -0.15) is 0 Å². The topological polar surface area (TPSA) is 114 Å². The summed E-state index contributed by atoms with van der Waals surface area (Å²) >= 11 is 0. The molecule has 0 spiro atoms. The molecule has 2 amide bonds. The highest BCUT2D eigenvalue weighted by Gasteiger charge is 2.35. The highest BCUT2D eigenvalue weighted by molar-refractivity contribution is 5.86. The van der Waals surface area contributed by atoms with E-state index in [4.69, 9.17) is 9.47 Å². The minimum absolute atomic E-state index is 0.00589. The average Bonchev–Trinajstić information content (AvgIpc) is 3.47. The normalized spacial score (nSPS) is 23.1. The zero-order valence-corrected chi connectivity index (χ0v) is 24.3. The Kier molecular flexibility index (Phi) is 12.1. The fourth-order valence-corrected chi connectivity index (χ4v) is 5.75. The van der Waals surface area contributed by atoms with Crippen molar-refractivity contribution in [2.75, 3.05) is 19.8 Å². The third-order valence-electron chi connectivity index (χ3n) is 8.20. The van der Waals surface area contributed by atoms with Gasteiger partial charge >= 0.3 is 5.97 Å². The minimum atomic E-state index is -0.605. The van der Waals surface area contributed by atoms with Crippen molar-refractivity contribution >= 4 is 17.8 Å². The molecule has 226 valence electrons. The highest BCUT2D eigenvalue weighted by Crippen LogP contribution is 2.29. The Balaban J connectivity index is 1.45. The molecular weight excluding hydrogens is 532 g/mol. The van der Waals surface area contributed by atoms with Gasteiger partial charge in [0.2, 0.25) is 11.8 Å². The van der Waals surface area contributed by atoms with Gasteiger partial charge in [-0.3, -0.25) is 14.4 Å². The van der Waals surface area contributed by atoms with E-state index in [2.05, 4.69) is 10.6 Å². The molecule has 4 rings (SSSR count). The van der Waals surface area contributed by atoms with Crippen molar-refractivity contribution in [3.63, 3.8) is 0 Å². The number of carbonyl (C=O) groups excluding carboxylic acids is 3. The van der Waals surface area contributed by atoms with Crippen LogP contribution in [0.15, 0.2) is 72.8 Å². The first-order valence-corrected chi connectivity index (χ1v) is 15.2. The van der Waals surface area contributed by atoms with E-state index in [0.29, 0.717) is 32.3 Å². The predicted octanol–water partition coefficient (Wildman–Crippen LogP) is 4.26. The molecule has 3 atom stereocenters. The van der Waals surface area contributed by atoms with Crippen LogP contribution in [0.25, 0.3) is 0 Å². The summed E-state index contributed by atoms with van der Waals surface area (Å²) in [6, 6.07) is 19.0. The summed E-state index contributed by atoms with van der Waals surface area (Å²) < 4.78 is 11.7. The van der Waals surface area contributed by atoms with Gasteiger partial charge in [0.15, 0.2) is 0 Å². The van der Waals surface area contributed by atoms with Crippen molar-refractivity contribution in [1.29, 1.82) is 0 Å². The summed E-state index contributed by atoms with van der Waals surface area (Å²) in [5, 5.41) is 15.9. The second kappa shape index (κ2) is 16.2. The lowest BCUT2D eigenvalue weighted by atomic mass is 9.94. The lowest BCUT2D eigenvalue weighted by Crippen LogP contribution is -2.50. The Bertz CT molecular complexity index is 1160. The lowest BCUT2D eigenvalue weighted by molar-refractivity contribution is -0.150. The molecule has 8 heteroatoms. The fraction of sp³-hybridized carbons (Fsp3) is 0.500. The Morgan fingerprint density at radius 3 is 2.36 bits per heavy atom. The van der Waals surface area contributed by atoms with Gasteiger partial charge in [0.05, 0.1) is 43.2 Å². The molecule has 1 fully saturated rings. The number of ether oxygens (including phenoxy) is 2. The molecule has 2 aliphatic rings. The first kappa shape index (κ1) is 31.4. The number of hydrogen-bond donors (Lipinski definition) is 3. The lowest BCUT2D eigenvalue weighted by Gasteiger charge is -2.29. The molecule has 3 unspecified atom stereocenters. The van der Waals surface area contributed by atoms with Crippen LogP contribution in [0.4, 0.5) is 0 Å². The Labute approximate surface area is 248 Å². The van der Waals surface area contributed by atoms with Gasteiger partial charge in [0.25, 0.3) is 0 Å². The molecule has 3 N–H and O–H groups in total. The van der Waals surface area contributed by atoms with Gasteiger partial charge in [-0.15, -0.1) is 0 Å². The van der Waals surface area contributed by atoms with Crippen molar-refractivity contribution in [3.05, 3.63) is 83.9 Å². The van der Waals surface area contributed by atoms with Crippen molar-refractivity contribution < 1.29 is 29.0 Å². The highest BCUT2D eigenvalue weighted by atomic mass is 16.5. The molecule has 1 aliphatic carbocycles. The zero-order chi connectivity index (χ0) is 29.6. The molecule has 1 aliphatic heterocycles. The number of carbonyl (C=O) groups is 3. The third kappa shape index (κ3) is 9.81. The van der Waals surface area contributed by atoms with Gasteiger partial charge in [0.1, 0.15) is 6.61 Å². The van der Waals surface area contributed by atoms with Gasteiger partial charge in [-0.1, -0.05) is 85.7 Å². The van der Waals surface area contributed by atoms with E-state index in [1.165, 1.54) is 0 Å². The molecule has 0 radical (unpaired) electrons. The maximum absolute atomic E-state index is 13.5. The second-order valence-electron chi connectivity index (χ2n) is 11.6. The van der Waals surface area contributed by atoms with Crippen LogP contribution in [0.2, 0.25) is 0 Å². The quantitative estimate of drug-likeness (QED) is 0.288. The number of benzene rings is 2. The Morgan fingerprint density at radius 2 is 1.67 bits per heavy atom. The zero-order valence-electron chi connectivity index (χ0n) is 24.3. The number of nitrogens with one attached hydrogen (secondary N) is 2. The van der Waals surface area contributed by atoms with Crippen LogP contribution in [-0.2, 0) is 36.9 Å². The van der Waals surface area contributed by atoms with Crippen LogP contribution in [0.1, 0.15) is 62.5 Å². The minimum Gasteiger partial charge on any atom is -0.463 e. The van der Waals surface area contributed by atoms with Gasteiger partial charge < -0.3 is 25.2 Å². The summed E-state index contributed by atoms with van der Waals surface area (Å²) in [6.45, 7) is 0.381. The summed E-state index contributed by atoms with van der Waals surface area (Å²) in [5.74, 6) is -1.75. The number of hydrogen-bond acceptors (Lipinski definition) is 6. The summed E-state index contributed by atoms with van der Waals surface area (Å²) in [7, 11) is 0. The van der Waals surface area contributed by atoms with Crippen molar-refractivity contribution in [2.24, 2.45) is 11.8 Å². The number of rotatable bonds is 10. The smallest absolute Gasteiger partial charge is 0.309 e. The van der Waals surface area contributed by atoms with E-state index in [1.807, 2.05) is 72.8 Å². The predicted molar refractivity (Wildman–Crippen MR) is 160 cm³/mol. The van der Waals surface area contributed by atoms with Gasteiger partial charge in [-0.25, -0.2) is 0 Å². The van der Waals surface area contributed by atoms with Crippen LogP contribution in [0.3, 0.4) is 0 Å². The first-order chi connectivity index (χ1) is 20.5. The molecule has 0 bridgehead atoms. The maximum atomic E-state index is 13.5. The molecule has 2 aromatic carbocycles. The summed E-state index contributed by atoms with van der Waals surface area (Å²) in [5.41, 5.74) is 1.47. The maximum Gasteiger partial charge on any atom is 0.309 e. The van der Waals surface area contributed by atoms with E-state index in [1.54, 1.807) is 0 Å². The Morgan fingerprint density at radius 1 is 0.976 bits per heavy atom. The fourth-order valence-electron chi connectivity index (χ4n) is 5.75. The number of aliphatic hydroxyl groups is 1. The number of cyclic esters (lactones) is 1. The molecule has 1 heterocycles. The van der Waals surface area contributed by atoms with Crippen molar-refractivity contribution in [3.8, 4) is 0 Å². The van der Waals surface area contributed by atoms with Gasteiger partial charge in [-0.05, 0) is 49.7 Å². The number of allylic oxidation sites excluding steroid dienone is 2. The van der Waals surface area contributed by atoms with Crippen LogP contribution < -0.4 is 10.6 Å². The van der Waals surface area contributed by atoms with Crippen LogP contribution >= 0.6 is 0 Å². The van der Waals surface area contributed by atoms with Crippen molar-refractivity contribution in [1.82, 2.24) is 10.6 Å². The standard InChI is InChI=1S/C34H44N2O6/c37-25-34(18-10-11-19-34)36-31(38)21-28-16-8-3-9-17-29(20-26-12-4-1-5-13-26)33(40)42-24-30(35-32(28)39)23-41-22-27-14-6-2-7-15-27/h1-8,12-15,28-30,37H,9-11,16-25H2,(H,35,39)(H,36,38). The monoisotopic (exact) mass is 576 g/mol. The first-order valence-electron chi connectivity index (χ1n) is 15.2. The van der Waals surface area contributed by atoms with E-state index in [0.717, 1.165) is 36.8 Å². The third-order valence-corrected chi connectivity index (χ3v) is 8.20. The number of amides is 2. The average molecular weight is 577 g/mol. The van der Waals surface area contributed by atoms with Crippen LogP contribution in [0, 0.1) is 11.8 Å². The van der Waals surface area contributed by atoms with E-state index >= 15 is 0 Å². The second-order valence-corrected chi connectivity index (χ2v) is 11.6. The summed E-state index contributed by atoms with van der Waals surface area (Å²) in [4.78, 5) is 39.8. The van der Waals surface area contributed by atoms with Crippen LogP contribution in [-0.4, -0.2) is 54.3 Å². The molecule has 0 aromatic heterocycles.